The number of rotatable bonds is 7. The fourth-order valence-electron chi connectivity index (χ4n) is 1.86. The molecule has 0 aromatic heterocycles. The van der Waals surface area contributed by atoms with E-state index in [2.05, 4.69) is 19.2 Å². The summed E-state index contributed by atoms with van der Waals surface area (Å²) in [5.74, 6) is 0.520. The average molecular weight is 251 g/mol. The summed E-state index contributed by atoms with van der Waals surface area (Å²) in [6.45, 7) is 8.10. The molecule has 2 atom stereocenters. The van der Waals surface area contributed by atoms with Crippen molar-refractivity contribution in [2.75, 3.05) is 18.6 Å². The van der Waals surface area contributed by atoms with Crippen molar-refractivity contribution in [2.24, 2.45) is 5.92 Å². The molecule has 0 rings (SSSR count). The van der Waals surface area contributed by atoms with Crippen molar-refractivity contribution in [2.45, 2.75) is 45.8 Å². The van der Waals surface area contributed by atoms with Gasteiger partial charge in [0, 0.05) is 18.8 Å². The van der Waals surface area contributed by atoms with E-state index in [1.54, 1.807) is 6.92 Å². The predicted molar refractivity (Wildman–Crippen MR) is 67.3 cm³/mol. The normalized spacial score (nSPS) is 18.4. The van der Waals surface area contributed by atoms with Crippen LogP contribution in [0.4, 0.5) is 0 Å². The van der Waals surface area contributed by atoms with Gasteiger partial charge in [0.1, 0.15) is 9.84 Å². The van der Waals surface area contributed by atoms with Crippen LogP contribution in [0.25, 0.3) is 0 Å². The van der Waals surface area contributed by atoms with E-state index in [1.807, 2.05) is 6.92 Å². The topological polar surface area (TPSA) is 66.4 Å². The van der Waals surface area contributed by atoms with Crippen molar-refractivity contribution >= 4 is 9.84 Å². The van der Waals surface area contributed by atoms with Crippen LogP contribution in [0.2, 0.25) is 0 Å². The molecule has 0 aliphatic carbocycles. The Morgan fingerprint density at radius 2 is 1.81 bits per heavy atom. The quantitative estimate of drug-likeness (QED) is 0.702. The molecular formula is C11H25NO3S. The number of nitrogens with one attached hydrogen (secondary N) is 1. The lowest BCUT2D eigenvalue weighted by molar-refractivity contribution is 0.0369. The fourth-order valence-corrected chi connectivity index (χ4v) is 2.88. The summed E-state index contributed by atoms with van der Waals surface area (Å²) in [5, 5.41) is 13.1. The molecule has 0 radical (unpaired) electrons. The molecule has 2 unspecified atom stereocenters. The molecule has 0 saturated carbocycles. The van der Waals surface area contributed by atoms with Crippen LogP contribution >= 0.6 is 0 Å². The molecule has 0 aromatic carbocycles. The monoisotopic (exact) mass is 251 g/mol. The van der Waals surface area contributed by atoms with Crippen LogP contribution in [-0.2, 0) is 9.84 Å². The fraction of sp³-hybridized carbons (Fsp3) is 1.00. The van der Waals surface area contributed by atoms with Gasteiger partial charge in [-0.25, -0.2) is 8.42 Å². The van der Waals surface area contributed by atoms with Gasteiger partial charge in [-0.15, -0.1) is 0 Å². The Balaban J connectivity index is 4.04. The second kappa shape index (κ2) is 5.98. The van der Waals surface area contributed by atoms with Crippen molar-refractivity contribution in [1.29, 1.82) is 0 Å². The number of hydrogen-bond donors (Lipinski definition) is 2. The Morgan fingerprint density at radius 3 is 2.19 bits per heavy atom. The lowest BCUT2D eigenvalue weighted by atomic mass is 9.94. The molecule has 0 saturated heterocycles. The minimum absolute atomic E-state index is 0.102. The van der Waals surface area contributed by atoms with Crippen molar-refractivity contribution in [3.05, 3.63) is 0 Å². The number of hydrogen-bond acceptors (Lipinski definition) is 4. The molecule has 5 heteroatoms. The van der Waals surface area contributed by atoms with E-state index in [1.165, 1.54) is 6.26 Å². The van der Waals surface area contributed by atoms with Crippen LogP contribution in [0, 0.1) is 5.92 Å². The van der Waals surface area contributed by atoms with Crippen LogP contribution in [0.15, 0.2) is 0 Å². The van der Waals surface area contributed by atoms with Crippen LogP contribution < -0.4 is 5.32 Å². The highest BCUT2D eigenvalue weighted by molar-refractivity contribution is 7.90. The van der Waals surface area contributed by atoms with E-state index >= 15 is 0 Å². The highest BCUT2D eigenvalue weighted by Gasteiger charge is 2.22. The number of sulfone groups is 1. The smallest absolute Gasteiger partial charge is 0.148 e. The summed E-state index contributed by atoms with van der Waals surface area (Å²) < 4.78 is 22.1. The predicted octanol–water partition coefficient (Wildman–Crippen LogP) is 0.806. The summed E-state index contributed by atoms with van der Waals surface area (Å²) >= 11 is 0. The molecule has 0 amide bonds. The van der Waals surface area contributed by atoms with Gasteiger partial charge in [-0.2, -0.15) is 0 Å². The van der Waals surface area contributed by atoms with Crippen molar-refractivity contribution in [3.8, 4) is 0 Å². The molecule has 0 aliphatic rings. The average Bonchev–Trinajstić information content (AvgIpc) is 1.95. The first-order chi connectivity index (χ1) is 7.02. The first-order valence-electron chi connectivity index (χ1n) is 5.65. The summed E-state index contributed by atoms with van der Waals surface area (Å²) in [4.78, 5) is 0. The summed E-state index contributed by atoms with van der Waals surface area (Å²) in [5.41, 5.74) is -0.778. The Morgan fingerprint density at radius 1 is 1.31 bits per heavy atom. The maximum atomic E-state index is 11.0. The first-order valence-corrected chi connectivity index (χ1v) is 7.71. The van der Waals surface area contributed by atoms with Gasteiger partial charge in [0.2, 0.25) is 0 Å². The third-order valence-electron chi connectivity index (χ3n) is 2.23. The molecule has 2 N–H and O–H groups in total. The Hall–Kier alpha value is -0.130. The Kier molecular flexibility index (Phi) is 5.93. The summed E-state index contributed by atoms with van der Waals surface area (Å²) in [7, 11) is -2.96. The van der Waals surface area contributed by atoms with E-state index in [0.717, 1.165) is 0 Å². The second-order valence-electron chi connectivity index (χ2n) is 5.47. The zero-order chi connectivity index (χ0) is 13.0. The van der Waals surface area contributed by atoms with Crippen molar-refractivity contribution < 1.29 is 13.5 Å². The van der Waals surface area contributed by atoms with Gasteiger partial charge in [0.25, 0.3) is 0 Å². The van der Waals surface area contributed by atoms with E-state index in [4.69, 9.17) is 0 Å². The van der Waals surface area contributed by atoms with Crippen molar-refractivity contribution in [1.82, 2.24) is 5.32 Å². The minimum Gasteiger partial charge on any atom is -0.389 e. The number of aliphatic hydroxyl groups is 1. The highest BCUT2D eigenvalue weighted by atomic mass is 32.2. The molecular weight excluding hydrogens is 226 g/mol. The zero-order valence-electron chi connectivity index (χ0n) is 10.9. The van der Waals surface area contributed by atoms with Gasteiger partial charge in [-0.1, -0.05) is 13.8 Å². The maximum absolute atomic E-state index is 11.0. The van der Waals surface area contributed by atoms with Crippen LogP contribution in [-0.4, -0.2) is 43.7 Å². The Labute approximate surface area is 99.4 Å². The largest absolute Gasteiger partial charge is 0.389 e. The lowest BCUT2D eigenvalue weighted by Gasteiger charge is -2.27. The molecule has 16 heavy (non-hydrogen) atoms. The minimum atomic E-state index is -2.96. The standard InChI is InChI=1S/C11H25NO3S/c1-9(2)6-11(4,13)8-12-10(3)7-16(5,14)15/h9-10,12-13H,6-8H2,1-5H3. The van der Waals surface area contributed by atoms with Crippen LogP contribution in [0.5, 0.6) is 0 Å². The highest BCUT2D eigenvalue weighted by Crippen LogP contribution is 2.15. The first kappa shape index (κ1) is 15.9. The van der Waals surface area contributed by atoms with Gasteiger partial charge >= 0.3 is 0 Å². The maximum Gasteiger partial charge on any atom is 0.148 e. The second-order valence-corrected chi connectivity index (χ2v) is 7.65. The van der Waals surface area contributed by atoms with Gasteiger partial charge in [-0.3, -0.25) is 0 Å². The van der Waals surface area contributed by atoms with Crippen molar-refractivity contribution in [3.63, 3.8) is 0 Å². The van der Waals surface area contributed by atoms with Gasteiger partial charge < -0.3 is 10.4 Å². The zero-order valence-corrected chi connectivity index (χ0v) is 11.8. The summed E-state index contributed by atoms with van der Waals surface area (Å²) in [6, 6.07) is -0.131. The lowest BCUT2D eigenvalue weighted by Crippen LogP contribution is -2.44. The van der Waals surface area contributed by atoms with Gasteiger partial charge in [0.05, 0.1) is 11.4 Å². The van der Waals surface area contributed by atoms with Gasteiger partial charge in [-0.05, 0) is 26.2 Å². The Bertz CT molecular complexity index is 296. The summed E-state index contributed by atoms with van der Waals surface area (Å²) in [6.07, 6.45) is 1.92. The van der Waals surface area contributed by atoms with E-state index < -0.39 is 15.4 Å². The van der Waals surface area contributed by atoms with E-state index in [0.29, 0.717) is 18.9 Å². The molecule has 0 bridgehead atoms. The SMILES string of the molecule is CC(C)CC(C)(O)CNC(C)CS(C)(=O)=O. The molecule has 0 aliphatic heterocycles. The molecule has 4 nitrogen and oxygen atoms in total. The molecule has 0 aromatic rings. The van der Waals surface area contributed by atoms with Crippen LogP contribution in [0.3, 0.4) is 0 Å². The van der Waals surface area contributed by atoms with E-state index in [-0.39, 0.29) is 11.8 Å². The molecule has 0 heterocycles. The molecule has 0 spiro atoms. The van der Waals surface area contributed by atoms with Gasteiger partial charge in [0.15, 0.2) is 0 Å². The third kappa shape index (κ3) is 9.12. The van der Waals surface area contributed by atoms with Crippen LogP contribution in [0.1, 0.15) is 34.1 Å². The molecule has 98 valence electrons. The van der Waals surface area contributed by atoms with E-state index in [9.17, 15) is 13.5 Å². The molecule has 0 fully saturated rings. The third-order valence-corrected chi connectivity index (χ3v) is 3.34.